The summed E-state index contributed by atoms with van der Waals surface area (Å²) in [5, 5.41) is 0. The van der Waals surface area contributed by atoms with Crippen LogP contribution >= 0.6 is 0 Å². The standard InChI is InChI=1S/C12H18O5.2C4H9.Sn.H/c1-2-3-4-5-6-7-11(15)17-12(16)9-8-10(13)14;2*1-3-4-2;;/h8-9H,2-7H2,1H3,(H,13,14);2*1,3-4H2,2H3;;/q;;;+1;/p-1/b9-8-;;;;. The van der Waals surface area contributed by atoms with Gasteiger partial charge in [-0.25, -0.2) is 0 Å². The normalized spacial score (nSPS) is 11.1. The van der Waals surface area contributed by atoms with Gasteiger partial charge in [-0.3, -0.25) is 0 Å². The van der Waals surface area contributed by atoms with E-state index < -0.39 is 38.1 Å². The molecule has 0 atom stereocenters. The summed E-state index contributed by atoms with van der Waals surface area (Å²) in [6.07, 6.45) is 11.8. The molecule has 0 amide bonds. The van der Waals surface area contributed by atoms with Crippen molar-refractivity contribution in [3.8, 4) is 0 Å². The minimum atomic E-state index is -2.30. The molecule has 0 unspecified atom stereocenters. The first-order chi connectivity index (χ1) is 12.5. The fraction of sp³-hybridized carbons (Fsp3) is 0.750. The molecule has 0 aromatic heterocycles. The molecule has 26 heavy (non-hydrogen) atoms. The molecule has 0 rings (SSSR count). The molecule has 0 bridgehead atoms. The number of rotatable bonds is 15. The molecule has 0 saturated carbocycles. The molecule has 0 radical (unpaired) electrons. The monoisotopic (exact) mass is 476 g/mol. The summed E-state index contributed by atoms with van der Waals surface area (Å²) in [5.74, 6) is -1.80. The molecular formula is C20H36O5Sn. The molecule has 5 nitrogen and oxygen atoms in total. The molecular weight excluding hydrogens is 439 g/mol. The van der Waals surface area contributed by atoms with Gasteiger partial charge in [0.05, 0.1) is 0 Å². The average molecular weight is 475 g/mol. The number of carbonyl (C=O) groups is 3. The maximum atomic E-state index is 11.9. The molecule has 0 saturated heterocycles. The zero-order valence-corrected chi connectivity index (χ0v) is 20.1. The first-order valence-corrected chi connectivity index (χ1v) is 16.2. The quantitative estimate of drug-likeness (QED) is 0.112. The molecule has 0 aliphatic heterocycles. The Kier molecular flexibility index (Phi) is 17.0. The van der Waals surface area contributed by atoms with Crippen LogP contribution in [0.5, 0.6) is 0 Å². The molecule has 6 heteroatoms. The molecule has 0 heterocycles. The molecule has 0 aromatic rings. The number of carbonyl (C=O) groups excluding carboxylic acids is 3. The predicted molar refractivity (Wildman–Crippen MR) is 106 cm³/mol. The van der Waals surface area contributed by atoms with E-state index >= 15 is 0 Å². The summed E-state index contributed by atoms with van der Waals surface area (Å²) < 4.78 is 12.4. The Morgan fingerprint density at radius 3 is 1.85 bits per heavy atom. The minimum absolute atomic E-state index is 0.236. The van der Waals surface area contributed by atoms with Crippen LogP contribution in [0.4, 0.5) is 0 Å². The van der Waals surface area contributed by atoms with Crippen LogP contribution in [0, 0.1) is 0 Å². The second kappa shape index (κ2) is 17.6. The van der Waals surface area contributed by atoms with Crippen LogP contribution in [0.25, 0.3) is 0 Å². The Morgan fingerprint density at radius 2 is 1.27 bits per heavy atom. The fourth-order valence-electron chi connectivity index (χ4n) is 2.54. The van der Waals surface area contributed by atoms with Crippen molar-refractivity contribution in [3.05, 3.63) is 12.2 Å². The Morgan fingerprint density at radius 1 is 0.731 bits per heavy atom. The molecule has 0 fully saturated rings. The van der Waals surface area contributed by atoms with Crippen molar-refractivity contribution < 1.29 is 22.2 Å². The van der Waals surface area contributed by atoms with E-state index in [-0.39, 0.29) is 6.42 Å². The molecule has 150 valence electrons. The summed E-state index contributed by atoms with van der Waals surface area (Å²) in [6.45, 7) is 6.38. The van der Waals surface area contributed by atoms with E-state index in [2.05, 4.69) is 25.5 Å². The van der Waals surface area contributed by atoms with Crippen LogP contribution in [0.3, 0.4) is 0 Å². The van der Waals surface area contributed by atoms with Crippen LogP contribution in [0.2, 0.25) is 8.87 Å². The second-order valence-electron chi connectivity index (χ2n) is 6.63. The van der Waals surface area contributed by atoms with Crippen molar-refractivity contribution in [1.29, 1.82) is 0 Å². The van der Waals surface area contributed by atoms with Gasteiger partial charge in [-0.15, -0.1) is 0 Å². The average Bonchev–Trinajstić information content (AvgIpc) is 2.62. The van der Waals surface area contributed by atoms with E-state index in [1.807, 2.05) is 0 Å². The zero-order valence-electron chi connectivity index (χ0n) is 16.8. The van der Waals surface area contributed by atoms with Crippen LogP contribution < -0.4 is 0 Å². The van der Waals surface area contributed by atoms with E-state index in [9.17, 15) is 14.4 Å². The third kappa shape index (κ3) is 15.4. The number of esters is 2. The summed E-state index contributed by atoms with van der Waals surface area (Å²) in [7, 11) is 0. The van der Waals surface area contributed by atoms with E-state index in [0.29, 0.717) is 0 Å². The van der Waals surface area contributed by atoms with Crippen molar-refractivity contribution in [2.45, 2.75) is 93.9 Å². The summed E-state index contributed by atoms with van der Waals surface area (Å²) in [4.78, 5) is 35.1. The van der Waals surface area contributed by atoms with Gasteiger partial charge in [0, 0.05) is 0 Å². The fourth-order valence-corrected chi connectivity index (χ4v) is 10.1. The van der Waals surface area contributed by atoms with Gasteiger partial charge in [0.25, 0.3) is 0 Å². The van der Waals surface area contributed by atoms with Gasteiger partial charge in [-0.05, 0) is 0 Å². The Labute approximate surface area is 166 Å². The number of hydrogen-bond donors (Lipinski definition) is 0. The predicted octanol–water partition coefficient (Wildman–Crippen LogP) is 4.84. The first-order valence-electron chi connectivity index (χ1n) is 10.2. The topological polar surface area (TPSA) is 69.7 Å². The van der Waals surface area contributed by atoms with Crippen LogP contribution in [-0.4, -0.2) is 38.1 Å². The van der Waals surface area contributed by atoms with Gasteiger partial charge in [0.15, 0.2) is 0 Å². The second-order valence-corrected chi connectivity index (χ2v) is 14.2. The van der Waals surface area contributed by atoms with Gasteiger partial charge in [-0.2, -0.15) is 0 Å². The summed E-state index contributed by atoms with van der Waals surface area (Å²) in [5.41, 5.74) is 0. The molecule has 0 spiro atoms. The van der Waals surface area contributed by atoms with Crippen LogP contribution in [-0.2, 0) is 22.2 Å². The first kappa shape index (κ1) is 25.1. The molecule has 0 aliphatic carbocycles. The maximum absolute atomic E-state index is 11.9. The van der Waals surface area contributed by atoms with Crippen molar-refractivity contribution in [3.63, 3.8) is 0 Å². The van der Waals surface area contributed by atoms with Crippen molar-refractivity contribution in [2.75, 3.05) is 0 Å². The summed E-state index contributed by atoms with van der Waals surface area (Å²) >= 11 is -2.30. The number of hydrogen-bond acceptors (Lipinski definition) is 5. The van der Waals surface area contributed by atoms with Gasteiger partial charge in [0.1, 0.15) is 0 Å². The number of unbranched alkanes of at least 4 members (excludes halogenated alkanes) is 6. The van der Waals surface area contributed by atoms with Gasteiger partial charge in [0.2, 0.25) is 0 Å². The van der Waals surface area contributed by atoms with Gasteiger partial charge >= 0.3 is 153 Å². The SMILES string of the molecule is CCCCCCCC(=O)OC(=O)/C=C\C(=O)[O][SnH]([CH2]CCC)[CH2]CCC. The Balaban J connectivity index is 4.14. The van der Waals surface area contributed by atoms with E-state index in [0.717, 1.165) is 78.8 Å². The van der Waals surface area contributed by atoms with E-state index in [1.165, 1.54) is 0 Å². The van der Waals surface area contributed by atoms with E-state index in [4.69, 9.17) is 3.07 Å². The van der Waals surface area contributed by atoms with Crippen molar-refractivity contribution >= 4 is 38.1 Å². The van der Waals surface area contributed by atoms with E-state index in [1.54, 1.807) is 0 Å². The number of ether oxygens (including phenoxy) is 1. The molecule has 0 aliphatic rings. The van der Waals surface area contributed by atoms with Gasteiger partial charge in [-0.1, -0.05) is 13.3 Å². The van der Waals surface area contributed by atoms with Crippen molar-refractivity contribution in [1.82, 2.24) is 0 Å². The zero-order chi connectivity index (χ0) is 19.6. The summed E-state index contributed by atoms with van der Waals surface area (Å²) in [6, 6.07) is 0. The molecule has 0 aromatic carbocycles. The van der Waals surface area contributed by atoms with Crippen molar-refractivity contribution in [2.24, 2.45) is 0 Å². The van der Waals surface area contributed by atoms with Gasteiger partial charge < -0.3 is 0 Å². The third-order valence-electron chi connectivity index (χ3n) is 4.10. The third-order valence-corrected chi connectivity index (χ3v) is 11.7. The Bertz CT molecular complexity index is 426. The Hall–Kier alpha value is -0.851. The molecule has 0 N–H and O–H groups in total. The van der Waals surface area contributed by atoms with Crippen LogP contribution in [0.1, 0.15) is 85.0 Å². The van der Waals surface area contributed by atoms with Crippen LogP contribution in [0.15, 0.2) is 12.2 Å².